The molecule has 5 nitrogen and oxygen atoms in total. The molecule has 2 atom stereocenters. The van der Waals surface area contributed by atoms with Crippen molar-refractivity contribution in [2.45, 2.75) is 105 Å². The van der Waals surface area contributed by atoms with Crippen LogP contribution in [-0.2, 0) is 14.0 Å². The van der Waals surface area contributed by atoms with E-state index >= 15 is 0 Å². The number of ether oxygens (including phenoxy) is 1. The molecule has 1 fully saturated rings. The molecule has 6 heteroatoms. The van der Waals surface area contributed by atoms with Crippen LogP contribution in [0.1, 0.15) is 82.6 Å². The van der Waals surface area contributed by atoms with E-state index in [4.69, 9.17) is 9.16 Å². The number of carbonyl (C=O) groups is 2. The van der Waals surface area contributed by atoms with Crippen LogP contribution in [0.15, 0.2) is 0 Å². The topological polar surface area (TPSA) is 55.8 Å². The van der Waals surface area contributed by atoms with Gasteiger partial charge in [0.25, 0.3) is 0 Å². The number of likely N-dealkylation sites (tertiary alicyclic amines) is 1. The zero-order valence-electron chi connectivity index (χ0n) is 18.6. The lowest BCUT2D eigenvalue weighted by atomic mass is 9.72. The highest BCUT2D eigenvalue weighted by Crippen LogP contribution is 2.45. The van der Waals surface area contributed by atoms with Crippen molar-refractivity contribution in [3.63, 3.8) is 0 Å². The molecule has 0 saturated carbocycles. The van der Waals surface area contributed by atoms with Crippen molar-refractivity contribution in [2.24, 2.45) is 11.3 Å². The molecule has 0 aliphatic carbocycles. The standard InChI is InChI=1S/C20H39NO4Si/c1-17(2,3)13-12-14(22)21(16(23)24-18(4,5)6)15(13)20(10,11)25-26-19(7,8)9/h13,15H,12,26H2,1-11H3. The summed E-state index contributed by atoms with van der Waals surface area (Å²) in [6.45, 7) is 22.3. The molecule has 2 amide bonds. The van der Waals surface area contributed by atoms with E-state index in [1.54, 1.807) is 0 Å². The normalized spacial score (nSPS) is 23.2. The molecular formula is C20H39NO4Si. The van der Waals surface area contributed by atoms with Gasteiger partial charge in [0.2, 0.25) is 5.91 Å². The Hall–Kier alpha value is -0.883. The number of imide groups is 1. The summed E-state index contributed by atoms with van der Waals surface area (Å²) in [6, 6.07) is -0.334. The third-order valence-electron chi connectivity index (χ3n) is 4.61. The van der Waals surface area contributed by atoms with Crippen molar-refractivity contribution < 1.29 is 18.8 Å². The highest BCUT2D eigenvalue weighted by molar-refractivity contribution is 6.31. The molecule has 0 aromatic carbocycles. The Kier molecular flexibility index (Phi) is 6.47. The Morgan fingerprint density at radius 3 is 1.88 bits per heavy atom. The second kappa shape index (κ2) is 7.27. The number of hydrogen-bond donors (Lipinski definition) is 0. The highest BCUT2D eigenvalue weighted by atomic mass is 28.2. The van der Waals surface area contributed by atoms with Crippen LogP contribution in [0.2, 0.25) is 5.04 Å². The minimum Gasteiger partial charge on any atom is -0.443 e. The van der Waals surface area contributed by atoms with Gasteiger partial charge in [-0.3, -0.25) is 4.79 Å². The van der Waals surface area contributed by atoms with Gasteiger partial charge in [-0.05, 0) is 51.0 Å². The second-order valence-corrected chi connectivity index (χ2v) is 14.0. The molecule has 0 aromatic rings. The van der Waals surface area contributed by atoms with Crippen LogP contribution in [0.5, 0.6) is 0 Å². The second-order valence-electron chi connectivity index (χ2n) is 11.3. The Labute approximate surface area is 162 Å². The van der Waals surface area contributed by atoms with Crippen LogP contribution in [-0.4, -0.2) is 43.9 Å². The van der Waals surface area contributed by atoms with Crippen LogP contribution in [0, 0.1) is 11.3 Å². The largest absolute Gasteiger partial charge is 0.443 e. The number of nitrogens with zero attached hydrogens (tertiary/aromatic N) is 1. The fourth-order valence-electron chi connectivity index (χ4n) is 3.32. The summed E-state index contributed by atoms with van der Waals surface area (Å²) in [5.41, 5.74) is -1.38. The van der Waals surface area contributed by atoms with Gasteiger partial charge in [0.1, 0.15) is 5.60 Å². The van der Waals surface area contributed by atoms with Crippen LogP contribution in [0.4, 0.5) is 4.79 Å². The molecule has 1 aliphatic heterocycles. The van der Waals surface area contributed by atoms with Crippen LogP contribution in [0.3, 0.4) is 0 Å². The average Bonchev–Trinajstić information content (AvgIpc) is 2.72. The van der Waals surface area contributed by atoms with E-state index < -0.39 is 27.1 Å². The zero-order valence-corrected chi connectivity index (χ0v) is 20.1. The molecule has 0 spiro atoms. The monoisotopic (exact) mass is 385 g/mol. The summed E-state index contributed by atoms with van der Waals surface area (Å²) in [7, 11) is -0.843. The number of hydrogen-bond acceptors (Lipinski definition) is 4. The predicted octanol–water partition coefficient (Wildman–Crippen LogP) is 4.28. The van der Waals surface area contributed by atoms with Gasteiger partial charge in [0, 0.05) is 6.42 Å². The van der Waals surface area contributed by atoms with Gasteiger partial charge in [-0.2, -0.15) is 0 Å². The van der Waals surface area contributed by atoms with Gasteiger partial charge in [-0.25, -0.2) is 9.69 Å². The van der Waals surface area contributed by atoms with Gasteiger partial charge in [0.15, 0.2) is 9.76 Å². The maximum Gasteiger partial charge on any atom is 0.417 e. The van der Waals surface area contributed by atoms with Crippen molar-refractivity contribution in [1.29, 1.82) is 0 Å². The molecule has 0 bridgehead atoms. The zero-order chi connectivity index (χ0) is 20.7. The van der Waals surface area contributed by atoms with E-state index in [1.165, 1.54) is 4.90 Å². The molecule has 0 radical (unpaired) electrons. The van der Waals surface area contributed by atoms with E-state index in [-0.39, 0.29) is 28.3 Å². The van der Waals surface area contributed by atoms with Gasteiger partial charge in [-0.1, -0.05) is 41.5 Å². The first-order valence-electron chi connectivity index (χ1n) is 9.54. The van der Waals surface area contributed by atoms with Crippen LogP contribution >= 0.6 is 0 Å². The molecule has 1 aliphatic rings. The van der Waals surface area contributed by atoms with Gasteiger partial charge < -0.3 is 9.16 Å². The van der Waals surface area contributed by atoms with Crippen molar-refractivity contribution in [3.8, 4) is 0 Å². The molecule has 1 rings (SSSR count). The molecular weight excluding hydrogens is 346 g/mol. The van der Waals surface area contributed by atoms with Crippen molar-refractivity contribution in [2.75, 3.05) is 0 Å². The number of rotatable bonds is 3. The number of amides is 2. The Balaban J connectivity index is 3.25. The minimum atomic E-state index is -0.843. The third kappa shape index (κ3) is 6.08. The van der Waals surface area contributed by atoms with Crippen molar-refractivity contribution >= 4 is 21.8 Å². The van der Waals surface area contributed by atoms with Crippen LogP contribution < -0.4 is 0 Å². The van der Waals surface area contributed by atoms with E-state index in [0.29, 0.717) is 6.42 Å². The first-order chi connectivity index (χ1) is 11.4. The molecule has 152 valence electrons. The SMILES string of the molecule is CC(C)(C)OC(=O)N1C(=O)CC(C(C)(C)C)C1C(C)(C)O[SiH2]C(C)(C)C. The lowest BCUT2D eigenvalue weighted by molar-refractivity contribution is -0.130. The summed E-state index contributed by atoms with van der Waals surface area (Å²) < 4.78 is 11.9. The quantitative estimate of drug-likeness (QED) is 0.680. The maximum absolute atomic E-state index is 12.8. The van der Waals surface area contributed by atoms with E-state index in [9.17, 15) is 9.59 Å². The van der Waals surface area contributed by atoms with E-state index in [0.717, 1.165) is 0 Å². The third-order valence-corrected chi connectivity index (χ3v) is 6.37. The van der Waals surface area contributed by atoms with Gasteiger partial charge in [0.05, 0.1) is 11.6 Å². The van der Waals surface area contributed by atoms with Gasteiger partial charge in [-0.15, -0.1) is 0 Å². The first kappa shape index (κ1) is 23.2. The van der Waals surface area contributed by atoms with Crippen molar-refractivity contribution in [3.05, 3.63) is 0 Å². The smallest absolute Gasteiger partial charge is 0.417 e. The molecule has 1 saturated heterocycles. The lowest BCUT2D eigenvalue weighted by Gasteiger charge is -2.44. The Bertz CT molecular complexity index is 537. The van der Waals surface area contributed by atoms with Gasteiger partial charge >= 0.3 is 6.09 Å². The summed E-state index contributed by atoms with van der Waals surface area (Å²) in [5.74, 6) is -0.148. The predicted molar refractivity (Wildman–Crippen MR) is 108 cm³/mol. The molecule has 0 N–H and O–H groups in total. The highest BCUT2D eigenvalue weighted by Gasteiger charge is 2.55. The Morgan fingerprint density at radius 1 is 1.00 bits per heavy atom. The first-order valence-corrected chi connectivity index (χ1v) is 10.8. The molecule has 0 aromatic heterocycles. The molecule has 26 heavy (non-hydrogen) atoms. The van der Waals surface area contributed by atoms with E-state index in [2.05, 4.69) is 41.5 Å². The molecule has 2 unspecified atom stereocenters. The van der Waals surface area contributed by atoms with Crippen molar-refractivity contribution in [1.82, 2.24) is 4.90 Å². The average molecular weight is 386 g/mol. The Morgan fingerprint density at radius 2 is 1.50 bits per heavy atom. The fourth-order valence-corrected chi connectivity index (χ4v) is 4.30. The number of carbonyl (C=O) groups excluding carboxylic acids is 2. The van der Waals surface area contributed by atoms with Crippen LogP contribution in [0.25, 0.3) is 0 Å². The lowest BCUT2D eigenvalue weighted by Crippen LogP contribution is -2.56. The summed E-state index contributed by atoms with van der Waals surface area (Å²) in [5, 5.41) is 0.133. The molecule has 1 heterocycles. The van der Waals surface area contributed by atoms with E-state index in [1.807, 2.05) is 34.6 Å². The minimum absolute atomic E-state index is 0.0199. The summed E-state index contributed by atoms with van der Waals surface area (Å²) >= 11 is 0. The summed E-state index contributed by atoms with van der Waals surface area (Å²) in [6.07, 6.45) is -0.217. The maximum atomic E-state index is 12.8. The fraction of sp³-hybridized carbons (Fsp3) is 0.900. The summed E-state index contributed by atoms with van der Waals surface area (Å²) in [4.78, 5) is 27.0.